The number of benzene rings is 5. The van der Waals surface area contributed by atoms with Crippen LogP contribution in [0, 0.1) is 10.1 Å². The third-order valence-electron chi connectivity index (χ3n) is 12.3. The Morgan fingerprint density at radius 3 is 1.78 bits per heavy atom. The van der Waals surface area contributed by atoms with E-state index in [1.165, 1.54) is 12.1 Å². The number of allylic oxidation sites excluding steroid dienone is 1. The largest absolute Gasteiger partial charge is 0.493 e. The maximum absolute atomic E-state index is 14.4. The van der Waals surface area contributed by atoms with Gasteiger partial charge in [-0.25, -0.2) is 9.59 Å². The molecular weight excluding hydrogens is 861 g/mol. The molecule has 0 aliphatic carbocycles. The highest BCUT2D eigenvalue weighted by Gasteiger charge is 2.50. The normalized spacial score (nSPS) is 14.7. The van der Waals surface area contributed by atoms with Crippen LogP contribution in [0.15, 0.2) is 162 Å². The van der Waals surface area contributed by atoms with Gasteiger partial charge in [-0.3, -0.25) is 19.9 Å². The third-order valence-corrected chi connectivity index (χ3v) is 12.3. The lowest BCUT2D eigenvalue weighted by atomic mass is 9.73. The van der Waals surface area contributed by atoms with Crippen molar-refractivity contribution in [3.8, 4) is 11.5 Å². The van der Waals surface area contributed by atoms with Crippen molar-refractivity contribution in [2.45, 2.75) is 77.6 Å². The van der Waals surface area contributed by atoms with Crippen LogP contribution in [-0.2, 0) is 24.6 Å². The molecule has 1 aliphatic rings. The predicted octanol–water partition coefficient (Wildman–Crippen LogP) is 9.17. The Balaban J connectivity index is 1.53. The summed E-state index contributed by atoms with van der Waals surface area (Å²) in [6.45, 7) is 14.4. The van der Waals surface area contributed by atoms with Crippen LogP contribution in [0.2, 0.25) is 0 Å². The lowest BCUT2D eigenvalue weighted by Gasteiger charge is -2.55. The first kappa shape index (κ1) is 50.6. The molecule has 0 spiro atoms. The standard InChI is InChI=1S/C55H64N4O9/c1-9-66-52(61)49-39(5)56-46(51(53(62)67-10-2)50(49)40-23-22-30-44(33-40)59(63)64)35-57(38(3)4)37-54(6,7)58(34-45(60)36-68-48-32-21-20-31-47(48)65-8)55(41-24-14-11-15-25-41,42-26-16-12-17-27-42)43-28-18-13-19-29-43/h11-33,38,45,50,56,60H,9-10,34-37H2,1-8H3. The number of rotatable bonds is 22. The number of hydrogen-bond acceptors (Lipinski definition) is 12. The molecule has 1 aliphatic heterocycles. The van der Waals surface area contributed by atoms with Crippen molar-refractivity contribution in [2.75, 3.05) is 46.6 Å². The van der Waals surface area contributed by atoms with Gasteiger partial charge >= 0.3 is 11.9 Å². The van der Waals surface area contributed by atoms with Crippen molar-refractivity contribution in [3.63, 3.8) is 0 Å². The van der Waals surface area contributed by atoms with Crippen molar-refractivity contribution in [3.05, 3.63) is 194 Å². The molecule has 1 heterocycles. The van der Waals surface area contributed by atoms with Crippen LogP contribution in [0.25, 0.3) is 0 Å². The summed E-state index contributed by atoms with van der Waals surface area (Å²) in [5, 5.41) is 27.8. The van der Waals surface area contributed by atoms with Crippen molar-refractivity contribution in [2.24, 2.45) is 0 Å². The van der Waals surface area contributed by atoms with Crippen LogP contribution in [0.3, 0.4) is 0 Å². The number of hydrogen-bond donors (Lipinski definition) is 2. The molecule has 13 heteroatoms. The third kappa shape index (κ3) is 11.1. The van der Waals surface area contributed by atoms with E-state index in [4.69, 9.17) is 18.9 Å². The Hall–Kier alpha value is -6.80. The zero-order valence-electron chi connectivity index (χ0n) is 40.3. The van der Waals surface area contributed by atoms with E-state index in [2.05, 4.69) is 79.2 Å². The van der Waals surface area contributed by atoms with Gasteiger partial charge in [-0.1, -0.05) is 115 Å². The Bertz CT molecular complexity index is 2470. The number of esters is 2. The summed E-state index contributed by atoms with van der Waals surface area (Å²) in [7, 11) is 1.58. The number of methoxy groups -OCH3 is 1. The molecular formula is C55H64N4O9. The smallest absolute Gasteiger partial charge is 0.336 e. The highest BCUT2D eigenvalue weighted by atomic mass is 16.6. The SMILES string of the molecule is CCOC(=O)C1=C(C)NC(CN(CC(C)(C)N(CC(O)COc2ccccc2OC)C(c2ccccc2)(c2ccccc2)c2ccccc2)C(C)C)=C(C(=O)OCC)C1c1cccc([N+](=O)[O-])c1. The minimum absolute atomic E-state index is 0.0392. The minimum atomic E-state index is -1.05. The number of carbonyl (C=O) groups is 2. The fourth-order valence-electron chi connectivity index (χ4n) is 9.34. The molecule has 0 fully saturated rings. The number of non-ortho nitro benzene ring substituents is 1. The minimum Gasteiger partial charge on any atom is -0.493 e. The lowest BCUT2D eigenvalue weighted by molar-refractivity contribution is -0.384. The van der Waals surface area contributed by atoms with Gasteiger partial charge in [0.2, 0.25) is 0 Å². The molecule has 0 saturated heterocycles. The van der Waals surface area contributed by atoms with E-state index in [-0.39, 0.29) is 55.8 Å². The van der Waals surface area contributed by atoms with E-state index in [0.29, 0.717) is 35.0 Å². The molecule has 5 aromatic rings. The quantitative estimate of drug-likeness (QED) is 0.0295. The van der Waals surface area contributed by atoms with Gasteiger partial charge in [-0.05, 0) is 82.9 Å². The summed E-state index contributed by atoms with van der Waals surface area (Å²) >= 11 is 0. The highest BCUT2D eigenvalue weighted by Crippen LogP contribution is 2.47. The molecule has 0 saturated carbocycles. The summed E-state index contributed by atoms with van der Waals surface area (Å²) in [5.41, 5.74) is 2.56. The summed E-state index contributed by atoms with van der Waals surface area (Å²) in [4.78, 5) is 44.5. The first-order valence-corrected chi connectivity index (χ1v) is 23.1. The number of para-hydroxylation sites is 2. The van der Waals surface area contributed by atoms with Gasteiger partial charge in [0.05, 0.1) is 47.8 Å². The molecule has 2 unspecified atom stereocenters. The fourth-order valence-corrected chi connectivity index (χ4v) is 9.34. The number of dihydropyridines is 1. The van der Waals surface area contributed by atoms with Crippen molar-refractivity contribution in [1.82, 2.24) is 15.1 Å². The second kappa shape index (κ2) is 22.8. The number of nitrogens with one attached hydrogen (secondary N) is 1. The molecule has 68 heavy (non-hydrogen) atoms. The van der Waals surface area contributed by atoms with E-state index < -0.39 is 40.0 Å². The number of nitrogens with zero attached hydrogens (tertiary/aromatic N) is 3. The van der Waals surface area contributed by atoms with Crippen molar-refractivity contribution >= 4 is 17.6 Å². The second-order valence-electron chi connectivity index (χ2n) is 17.6. The molecule has 0 radical (unpaired) electrons. The Morgan fingerprint density at radius 1 is 0.765 bits per heavy atom. The number of aliphatic hydroxyl groups excluding tert-OH is 1. The molecule has 0 aromatic heterocycles. The molecule has 13 nitrogen and oxygen atoms in total. The number of β-amino-alcohol motifs (C(OH)–C–C–N with tert-alkyl or cyclic N) is 1. The van der Waals surface area contributed by atoms with Gasteiger partial charge in [-0.15, -0.1) is 0 Å². The molecule has 5 aromatic carbocycles. The van der Waals surface area contributed by atoms with E-state index in [1.54, 1.807) is 40.0 Å². The van der Waals surface area contributed by atoms with Crippen molar-refractivity contribution in [1.29, 1.82) is 0 Å². The molecule has 358 valence electrons. The van der Waals surface area contributed by atoms with Gasteiger partial charge in [0.25, 0.3) is 5.69 Å². The predicted molar refractivity (Wildman–Crippen MR) is 263 cm³/mol. The van der Waals surface area contributed by atoms with Gasteiger partial charge in [0.15, 0.2) is 11.5 Å². The van der Waals surface area contributed by atoms with Crippen LogP contribution in [-0.4, -0.2) is 96.0 Å². The van der Waals surface area contributed by atoms with Crippen LogP contribution in [0.1, 0.15) is 76.6 Å². The zero-order valence-corrected chi connectivity index (χ0v) is 40.3. The van der Waals surface area contributed by atoms with E-state index in [1.807, 2.05) is 78.9 Å². The fraction of sp³-hybridized carbons (Fsp3) is 0.345. The van der Waals surface area contributed by atoms with E-state index in [0.717, 1.165) is 16.7 Å². The number of nitro benzene ring substituents is 1. The van der Waals surface area contributed by atoms with Crippen LogP contribution < -0.4 is 14.8 Å². The average Bonchev–Trinajstić information content (AvgIpc) is 3.34. The monoisotopic (exact) mass is 924 g/mol. The summed E-state index contributed by atoms with van der Waals surface area (Å²) < 4.78 is 23.1. The molecule has 0 bridgehead atoms. The molecule has 0 amide bonds. The number of aliphatic hydroxyl groups is 1. The van der Waals surface area contributed by atoms with Crippen LogP contribution in [0.5, 0.6) is 11.5 Å². The summed E-state index contributed by atoms with van der Waals surface area (Å²) in [5.74, 6) is -1.31. The van der Waals surface area contributed by atoms with E-state index in [9.17, 15) is 24.8 Å². The van der Waals surface area contributed by atoms with E-state index >= 15 is 0 Å². The summed E-state index contributed by atoms with van der Waals surface area (Å²) in [6, 6.07) is 44.0. The number of nitro groups is 1. The first-order valence-electron chi connectivity index (χ1n) is 23.1. The lowest BCUT2D eigenvalue weighted by Crippen LogP contribution is -2.64. The number of carbonyl (C=O) groups excluding carboxylic acids is 2. The topological polar surface area (TPSA) is 153 Å². The average molecular weight is 925 g/mol. The van der Waals surface area contributed by atoms with Gasteiger partial charge in [-0.2, -0.15) is 0 Å². The Kier molecular flexibility index (Phi) is 17.0. The highest BCUT2D eigenvalue weighted by molar-refractivity contribution is 6.00. The van der Waals surface area contributed by atoms with Gasteiger partial charge < -0.3 is 29.4 Å². The first-order chi connectivity index (χ1) is 32.7. The molecule has 6 rings (SSSR count). The van der Waals surface area contributed by atoms with Crippen LogP contribution in [0.4, 0.5) is 5.69 Å². The zero-order chi connectivity index (χ0) is 49.0. The molecule has 2 atom stereocenters. The summed E-state index contributed by atoms with van der Waals surface area (Å²) in [6.07, 6.45) is -1.01. The van der Waals surface area contributed by atoms with Crippen molar-refractivity contribution < 1.29 is 38.6 Å². The number of ether oxygens (including phenoxy) is 4. The van der Waals surface area contributed by atoms with Crippen LogP contribution >= 0.6 is 0 Å². The van der Waals surface area contributed by atoms with Gasteiger partial charge in [0, 0.05) is 54.7 Å². The van der Waals surface area contributed by atoms with Gasteiger partial charge in [0.1, 0.15) is 12.7 Å². The Morgan fingerprint density at radius 2 is 1.28 bits per heavy atom. The second-order valence-corrected chi connectivity index (χ2v) is 17.6. The Labute approximate surface area is 400 Å². The maximum Gasteiger partial charge on any atom is 0.336 e. The molecule has 2 N–H and O–H groups in total. The maximum atomic E-state index is 14.4.